The van der Waals surface area contributed by atoms with E-state index in [0.29, 0.717) is 11.8 Å². The Morgan fingerprint density at radius 3 is 1.04 bits per heavy atom. The largest absolute Gasteiger partial charge is 0.0776 e. The summed E-state index contributed by atoms with van der Waals surface area (Å²) in [5.41, 5.74) is 9.88. The van der Waals surface area contributed by atoms with Crippen molar-refractivity contribution in [2.75, 3.05) is 0 Å². The minimum atomic E-state index is 0. The first-order valence-corrected chi connectivity index (χ1v) is 20.2. The van der Waals surface area contributed by atoms with E-state index in [2.05, 4.69) is 104 Å². The molecule has 266 valence electrons. The number of hydrogen-bond acceptors (Lipinski definition) is 0. The maximum atomic E-state index is 2.50. The molecule has 4 unspecified atom stereocenters. The SMILES string of the molecule is C.CC.CCC.CCC.Cc1ccc(C2CCC(C3CCC(C)CC3)C3=C2C(c2ccc(C)cc2)CCC3C2CCC(C)CC2)cc1. The first kappa shape index (κ1) is 41.4. The van der Waals surface area contributed by atoms with Gasteiger partial charge >= 0.3 is 0 Å². The Morgan fingerprint density at radius 2 is 0.745 bits per heavy atom. The third-order valence-electron chi connectivity index (χ3n) is 11.6. The zero-order chi connectivity index (χ0) is 33.6. The molecule has 0 heterocycles. The molecule has 6 rings (SSSR count). The summed E-state index contributed by atoms with van der Waals surface area (Å²) in [4.78, 5) is 0. The van der Waals surface area contributed by atoms with Crippen LogP contribution < -0.4 is 0 Å². The quantitative estimate of drug-likeness (QED) is 0.291. The summed E-state index contributed by atoms with van der Waals surface area (Å²) in [6, 6.07) is 19.4. The molecule has 0 spiro atoms. The van der Waals surface area contributed by atoms with Crippen molar-refractivity contribution in [1.29, 1.82) is 0 Å². The normalized spacial score (nSPS) is 30.1. The van der Waals surface area contributed by atoms with Crippen molar-refractivity contribution in [3.8, 4) is 0 Å². The van der Waals surface area contributed by atoms with Gasteiger partial charge in [-0.15, -0.1) is 0 Å². The fraction of sp³-hybridized carbons (Fsp3) is 0.702. The van der Waals surface area contributed by atoms with Gasteiger partial charge in [-0.05, 0) is 112 Å². The van der Waals surface area contributed by atoms with Gasteiger partial charge in [0.25, 0.3) is 0 Å². The Morgan fingerprint density at radius 1 is 0.447 bits per heavy atom. The Bertz CT molecular complexity index is 1030. The van der Waals surface area contributed by atoms with E-state index in [1.165, 1.54) is 101 Å². The second-order valence-corrected chi connectivity index (χ2v) is 15.7. The van der Waals surface area contributed by atoms with Crippen LogP contribution in [0.2, 0.25) is 0 Å². The molecule has 0 radical (unpaired) electrons. The maximum absolute atomic E-state index is 2.50. The number of aryl methyl sites for hydroxylation is 2. The highest BCUT2D eigenvalue weighted by Gasteiger charge is 2.45. The fourth-order valence-corrected chi connectivity index (χ4v) is 9.31. The zero-order valence-corrected chi connectivity index (χ0v) is 32.1. The van der Waals surface area contributed by atoms with Crippen LogP contribution in [0.4, 0.5) is 0 Å². The second kappa shape index (κ2) is 21.3. The predicted molar refractivity (Wildman–Crippen MR) is 213 cm³/mol. The van der Waals surface area contributed by atoms with Crippen LogP contribution in [-0.4, -0.2) is 0 Å². The summed E-state index contributed by atoms with van der Waals surface area (Å²) in [5, 5.41) is 0. The molecule has 2 aromatic carbocycles. The van der Waals surface area contributed by atoms with Crippen LogP contribution >= 0.6 is 0 Å². The highest BCUT2D eigenvalue weighted by atomic mass is 14.5. The second-order valence-electron chi connectivity index (χ2n) is 15.7. The van der Waals surface area contributed by atoms with Gasteiger partial charge in [0.15, 0.2) is 0 Å². The van der Waals surface area contributed by atoms with Crippen molar-refractivity contribution in [3.63, 3.8) is 0 Å². The number of benzene rings is 2. The average molecular weight is 643 g/mol. The topological polar surface area (TPSA) is 0 Å². The molecular formula is C47H78. The Balaban J connectivity index is 0.000000783. The van der Waals surface area contributed by atoms with Crippen molar-refractivity contribution in [3.05, 3.63) is 81.9 Å². The summed E-state index contributed by atoms with van der Waals surface area (Å²) < 4.78 is 0. The van der Waals surface area contributed by atoms with Crippen LogP contribution in [0.25, 0.3) is 0 Å². The van der Waals surface area contributed by atoms with Gasteiger partial charge in [-0.2, -0.15) is 0 Å². The lowest BCUT2D eigenvalue weighted by atomic mass is 9.54. The lowest BCUT2D eigenvalue weighted by molar-refractivity contribution is 0.156. The van der Waals surface area contributed by atoms with E-state index >= 15 is 0 Å². The van der Waals surface area contributed by atoms with E-state index in [4.69, 9.17) is 0 Å². The van der Waals surface area contributed by atoms with Crippen LogP contribution in [0.5, 0.6) is 0 Å². The molecule has 47 heavy (non-hydrogen) atoms. The number of allylic oxidation sites excluding steroid dienone is 2. The van der Waals surface area contributed by atoms with E-state index in [9.17, 15) is 0 Å². The molecule has 2 aromatic rings. The Labute approximate surface area is 295 Å². The lowest BCUT2D eigenvalue weighted by Gasteiger charge is -2.50. The third kappa shape index (κ3) is 11.1. The van der Waals surface area contributed by atoms with Gasteiger partial charge < -0.3 is 0 Å². The molecule has 0 nitrogen and oxygen atoms in total. The number of rotatable bonds is 4. The molecular weight excluding hydrogens is 565 g/mol. The van der Waals surface area contributed by atoms with E-state index < -0.39 is 0 Å². The van der Waals surface area contributed by atoms with Gasteiger partial charge in [-0.25, -0.2) is 0 Å². The van der Waals surface area contributed by atoms with Gasteiger partial charge in [0.2, 0.25) is 0 Å². The van der Waals surface area contributed by atoms with Crippen LogP contribution in [0.3, 0.4) is 0 Å². The maximum Gasteiger partial charge on any atom is 0.00574 e. The summed E-state index contributed by atoms with van der Waals surface area (Å²) in [6.07, 6.45) is 19.8. The minimum absolute atomic E-state index is 0. The predicted octanol–water partition coefficient (Wildman–Crippen LogP) is 15.4. The van der Waals surface area contributed by atoms with Crippen molar-refractivity contribution >= 4 is 0 Å². The average Bonchev–Trinajstić information content (AvgIpc) is 3.07. The summed E-state index contributed by atoms with van der Waals surface area (Å²) in [6.45, 7) is 22.0. The first-order chi connectivity index (χ1) is 22.3. The van der Waals surface area contributed by atoms with Crippen molar-refractivity contribution < 1.29 is 0 Å². The van der Waals surface area contributed by atoms with Gasteiger partial charge in [-0.1, -0.05) is 172 Å². The summed E-state index contributed by atoms with van der Waals surface area (Å²) in [5.74, 6) is 6.64. The minimum Gasteiger partial charge on any atom is -0.0776 e. The van der Waals surface area contributed by atoms with E-state index in [1.807, 2.05) is 25.0 Å². The van der Waals surface area contributed by atoms with Crippen LogP contribution in [0.15, 0.2) is 59.7 Å². The van der Waals surface area contributed by atoms with E-state index in [-0.39, 0.29) is 7.43 Å². The molecule has 0 aromatic heterocycles. The van der Waals surface area contributed by atoms with Gasteiger partial charge in [0.05, 0.1) is 0 Å². The molecule has 4 aliphatic carbocycles. The van der Waals surface area contributed by atoms with Crippen LogP contribution in [-0.2, 0) is 0 Å². The molecule has 2 saturated carbocycles. The molecule has 0 N–H and O–H groups in total. The smallest absolute Gasteiger partial charge is 0.00574 e. The Kier molecular flexibility index (Phi) is 18.7. The highest BCUT2D eigenvalue weighted by Crippen LogP contribution is 2.59. The molecule has 4 atom stereocenters. The van der Waals surface area contributed by atoms with Crippen molar-refractivity contribution in [2.24, 2.45) is 35.5 Å². The third-order valence-corrected chi connectivity index (χ3v) is 11.6. The number of hydrogen-bond donors (Lipinski definition) is 0. The monoisotopic (exact) mass is 643 g/mol. The molecule has 2 fully saturated rings. The molecule has 0 aliphatic heterocycles. The fourth-order valence-electron chi connectivity index (χ4n) is 9.31. The van der Waals surface area contributed by atoms with Crippen LogP contribution in [0.1, 0.15) is 187 Å². The van der Waals surface area contributed by atoms with Gasteiger partial charge in [0.1, 0.15) is 0 Å². The van der Waals surface area contributed by atoms with Crippen LogP contribution in [0, 0.1) is 49.4 Å². The Hall–Kier alpha value is -1.82. The standard InChI is InChI=1S/C38H52.2C3H8.C2H6.CH4/c1-25-5-13-29(14-6-25)33-21-22-35(31-17-9-27(3)10-18-31)38-36(32-19-11-28(4)12-20-32)24-23-34(37(33)38)30-15-7-26(2)8-16-30;2*1-3-2;1-2;/h5-8,13-16,27-28,31-36H,9-12,17-24H2,1-4H3;2*3H2,1-2H3;1-2H3;1H4. The zero-order valence-electron chi connectivity index (χ0n) is 32.1. The molecule has 0 amide bonds. The first-order valence-electron chi connectivity index (χ1n) is 20.2. The summed E-state index contributed by atoms with van der Waals surface area (Å²) in [7, 11) is 0. The van der Waals surface area contributed by atoms with Crippen molar-refractivity contribution in [1.82, 2.24) is 0 Å². The summed E-state index contributed by atoms with van der Waals surface area (Å²) >= 11 is 0. The van der Waals surface area contributed by atoms with Gasteiger partial charge in [0, 0.05) is 11.8 Å². The van der Waals surface area contributed by atoms with Gasteiger partial charge in [-0.3, -0.25) is 0 Å². The highest BCUT2D eigenvalue weighted by molar-refractivity contribution is 5.46. The van der Waals surface area contributed by atoms with Crippen molar-refractivity contribution in [2.45, 2.75) is 178 Å². The lowest BCUT2D eigenvalue weighted by Crippen LogP contribution is -2.38. The molecule has 0 bridgehead atoms. The molecule has 4 aliphatic rings. The molecule has 0 heteroatoms. The van der Waals surface area contributed by atoms with E-state index in [0.717, 1.165) is 35.5 Å². The van der Waals surface area contributed by atoms with E-state index in [1.54, 1.807) is 11.1 Å². The molecule has 0 saturated heterocycles.